The number of nitrogens with one attached hydrogen (secondary N) is 1. The van der Waals surface area contributed by atoms with Crippen molar-refractivity contribution in [2.75, 3.05) is 17.9 Å². The zero-order valence-electron chi connectivity index (χ0n) is 18.1. The highest BCUT2D eigenvalue weighted by Gasteiger charge is 2.19. The molecule has 168 valence electrons. The number of anilines is 1. The molecule has 1 N–H and O–H groups in total. The second kappa shape index (κ2) is 9.07. The number of ether oxygens (including phenoxy) is 2. The molecule has 1 aliphatic heterocycles. The van der Waals surface area contributed by atoms with Crippen molar-refractivity contribution in [3.8, 4) is 11.5 Å². The minimum atomic E-state index is -0.437. The van der Waals surface area contributed by atoms with Crippen LogP contribution in [0.25, 0.3) is 11.0 Å². The summed E-state index contributed by atoms with van der Waals surface area (Å²) in [5.41, 5.74) is 0.970. The highest BCUT2D eigenvalue weighted by atomic mass is 32.2. The van der Waals surface area contributed by atoms with Gasteiger partial charge in [-0.3, -0.25) is 18.7 Å². The number of amides is 1. The normalized spacial score (nSPS) is 12.3. The van der Waals surface area contributed by atoms with Gasteiger partial charge in [0.25, 0.3) is 5.56 Å². The maximum Gasteiger partial charge on any atom is 0.332 e. The van der Waals surface area contributed by atoms with Crippen LogP contribution in [0.15, 0.2) is 38.9 Å². The third kappa shape index (κ3) is 4.10. The Morgan fingerprint density at radius 2 is 1.97 bits per heavy atom. The van der Waals surface area contributed by atoms with Crippen molar-refractivity contribution in [3.63, 3.8) is 0 Å². The van der Waals surface area contributed by atoms with Crippen molar-refractivity contribution in [3.05, 3.63) is 50.8 Å². The molecule has 2 aromatic heterocycles. The number of pyridine rings is 1. The van der Waals surface area contributed by atoms with Gasteiger partial charge in [-0.25, -0.2) is 9.78 Å². The van der Waals surface area contributed by atoms with Gasteiger partial charge in [0.2, 0.25) is 12.7 Å². The van der Waals surface area contributed by atoms with Gasteiger partial charge < -0.3 is 14.8 Å². The number of thioether (sulfide) groups is 1. The molecule has 0 radical (unpaired) electrons. The fourth-order valence-corrected chi connectivity index (χ4v) is 4.57. The summed E-state index contributed by atoms with van der Waals surface area (Å²) in [6.45, 7) is 2.25. The number of aromatic nitrogens is 3. The minimum Gasteiger partial charge on any atom is -0.454 e. The summed E-state index contributed by atoms with van der Waals surface area (Å²) in [4.78, 5) is 43.0. The molecular formula is C22H24N4O5S. The van der Waals surface area contributed by atoms with E-state index in [1.807, 2.05) is 0 Å². The average Bonchev–Trinajstić information content (AvgIpc) is 3.26. The quantitative estimate of drug-likeness (QED) is 0.545. The number of benzene rings is 1. The second-order valence-electron chi connectivity index (χ2n) is 7.53. The van der Waals surface area contributed by atoms with E-state index in [9.17, 15) is 14.4 Å². The average molecular weight is 457 g/mol. The van der Waals surface area contributed by atoms with Crippen LogP contribution in [0.2, 0.25) is 0 Å². The van der Waals surface area contributed by atoms with Crippen LogP contribution < -0.4 is 26.0 Å². The van der Waals surface area contributed by atoms with E-state index in [2.05, 4.69) is 17.2 Å². The molecule has 4 rings (SSSR count). The molecule has 3 heterocycles. The molecule has 9 nitrogen and oxygen atoms in total. The number of hydrogen-bond acceptors (Lipinski definition) is 7. The van der Waals surface area contributed by atoms with Crippen LogP contribution >= 0.6 is 11.8 Å². The first-order chi connectivity index (χ1) is 15.4. The second-order valence-corrected chi connectivity index (χ2v) is 8.51. The predicted molar refractivity (Wildman–Crippen MR) is 123 cm³/mol. The lowest BCUT2D eigenvalue weighted by Gasteiger charge is -2.14. The van der Waals surface area contributed by atoms with Gasteiger partial charge in [0, 0.05) is 36.9 Å². The molecule has 0 saturated carbocycles. The largest absolute Gasteiger partial charge is 0.454 e. The SMILES string of the molecule is CCCCc1cnc2c(c1SCC(=O)Nc1ccc3c(c1)OCO3)c(=O)n(C)c(=O)n2C. The van der Waals surface area contributed by atoms with Crippen molar-refractivity contribution < 1.29 is 14.3 Å². The molecule has 10 heteroatoms. The molecule has 32 heavy (non-hydrogen) atoms. The van der Waals surface area contributed by atoms with E-state index < -0.39 is 11.2 Å². The molecule has 3 aromatic rings. The third-order valence-electron chi connectivity index (χ3n) is 5.30. The summed E-state index contributed by atoms with van der Waals surface area (Å²) in [7, 11) is 3.03. The van der Waals surface area contributed by atoms with Crippen LogP contribution in [0.5, 0.6) is 11.5 Å². The molecule has 1 amide bonds. The van der Waals surface area contributed by atoms with E-state index in [1.165, 1.54) is 23.4 Å². The van der Waals surface area contributed by atoms with E-state index in [1.54, 1.807) is 31.4 Å². The van der Waals surface area contributed by atoms with Gasteiger partial charge in [-0.15, -0.1) is 11.8 Å². The van der Waals surface area contributed by atoms with Crippen LogP contribution in [-0.2, 0) is 25.3 Å². The first-order valence-electron chi connectivity index (χ1n) is 10.3. The Hall–Kier alpha value is -3.27. The van der Waals surface area contributed by atoms with Gasteiger partial charge in [0.05, 0.1) is 11.1 Å². The molecule has 0 bridgehead atoms. The van der Waals surface area contributed by atoms with E-state index in [-0.39, 0.29) is 18.5 Å². The zero-order chi connectivity index (χ0) is 22.8. The van der Waals surface area contributed by atoms with Gasteiger partial charge >= 0.3 is 5.69 Å². The Balaban J connectivity index is 1.64. The summed E-state index contributed by atoms with van der Waals surface area (Å²) >= 11 is 1.28. The molecule has 0 spiro atoms. The molecule has 0 aliphatic carbocycles. The lowest BCUT2D eigenvalue weighted by atomic mass is 10.1. The van der Waals surface area contributed by atoms with Crippen LogP contribution in [-0.4, -0.2) is 32.6 Å². The van der Waals surface area contributed by atoms with Gasteiger partial charge in [-0.1, -0.05) is 13.3 Å². The Bertz CT molecular complexity index is 1310. The molecule has 0 fully saturated rings. The number of fused-ring (bicyclic) bond motifs is 2. The summed E-state index contributed by atoms with van der Waals surface area (Å²) in [5, 5.41) is 3.21. The van der Waals surface area contributed by atoms with Gasteiger partial charge in [-0.05, 0) is 30.5 Å². The van der Waals surface area contributed by atoms with Crippen LogP contribution in [0.3, 0.4) is 0 Å². The minimum absolute atomic E-state index is 0.0959. The Kier molecular flexibility index (Phi) is 6.22. The number of unbranched alkanes of at least 4 members (excludes halogenated alkanes) is 1. The van der Waals surface area contributed by atoms with Gasteiger partial charge in [0.1, 0.15) is 5.65 Å². The van der Waals surface area contributed by atoms with Crippen molar-refractivity contribution in [1.29, 1.82) is 0 Å². The van der Waals surface area contributed by atoms with E-state index in [4.69, 9.17) is 9.47 Å². The monoisotopic (exact) mass is 456 g/mol. The van der Waals surface area contributed by atoms with Gasteiger partial charge in [0.15, 0.2) is 11.5 Å². The fourth-order valence-electron chi connectivity index (χ4n) is 3.56. The summed E-state index contributed by atoms with van der Waals surface area (Å²) in [6.07, 6.45) is 4.35. The summed E-state index contributed by atoms with van der Waals surface area (Å²) in [5.74, 6) is 1.10. The molecule has 1 aromatic carbocycles. The van der Waals surface area contributed by atoms with Crippen molar-refractivity contribution >= 4 is 34.4 Å². The number of carbonyl (C=O) groups excluding carboxylic acids is 1. The summed E-state index contributed by atoms with van der Waals surface area (Å²) < 4.78 is 13.1. The van der Waals surface area contributed by atoms with Crippen LogP contribution in [0.1, 0.15) is 25.3 Å². The molecule has 1 aliphatic rings. The lowest BCUT2D eigenvalue weighted by Crippen LogP contribution is -2.37. The molecular weight excluding hydrogens is 432 g/mol. The van der Waals surface area contributed by atoms with Crippen molar-refractivity contribution in [1.82, 2.24) is 14.1 Å². The maximum absolute atomic E-state index is 13.0. The first-order valence-corrected chi connectivity index (χ1v) is 11.3. The molecule has 0 unspecified atom stereocenters. The molecule has 0 atom stereocenters. The standard InChI is InChI=1S/C22H24N4O5S/c1-4-5-6-13-10-23-20-18(21(28)26(3)22(29)25(20)2)19(13)32-11-17(27)24-14-7-8-15-16(9-14)31-12-30-15/h7-10H,4-6,11-12H2,1-3H3,(H,24,27). The number of aryl methyl sites for hydroxylation is 2. The smallest absolute Gasteiger partial charge is 0.332 e. The van der Waals surface area contributed by atoms with E-state index in [0.29, 0.717) is 33.1 Å². The van der Waals surface area contributed by atoms with E-state index >= 15 is 0 Å². The molecule has 0 saturated heterocycles. The van der Waals surface area contributed by atoms with E-state index in [0.717, 1.165) is 29.4 Å². The predicted octanol–water partition coefficient (Wildman–Crippen LogP) is 2.43. The highest BCUT2D eigenvalue weighted by molar-refractivity contribution is 8.00. The number of rotatable bonds is 7. The Labute approximate surface area is 188 Å². The van der Waals surface area contributed by atoms with Crippen LogP contribution in [0, 0.1) is 0 Å². The first kappa shape index (κ1) is 21.9. The van der Waals surface area contributed by atoms with Gasteiger partial charge in [-0.2, -0.15) is 0 Å². The van der Waals surface area contributed by atoms with Crippen molar-refractivity contribution in [2.45, 2.75) is 31.1 Å². The highest BCUT2D eigenvalue weighted by Crippen LogP contribution is 2.34. The number of carbonyl (C=O) groups is 1. The topological polar surface area (TPSA) is 104 Å². The number of hydrogen-bond donors (Lipinski definition) is 1. The Morgan fingerprint density at radius 1 is 1.19 bits per heavy atom. The third-order valence-corrected chi connectivity index (χ3v) is 6.46. The lowest BCUT2D eigenvalue weighted by molar-refractivity contribution is -0.113. The summed E-state index contributed by atoms with van der Waals surface area (Å²) in [6, 6.07) is 5.20. The van der Waals surface area contributed by atoms with Crippen LogP contribution in [0.4, 0.5) is 5.69 Å². The Morgan fingerprint density at radius 3 is 2.75 bits per heavy atom. The maximum atomic E-state index is 13.0. The zero-order valence-corrected chi connectivity index (χ0v) is 19.0. The fraction of sp³-hybridized carbons (Fsp3) is 0.364. The number of nitrogens with zero attached hydrogens (tertiary/aromatic N) is 3. The van der Waals surface area contributed by atoms with Crippen molar-refractivity contribution in [2.24, 2.45) is 14.1 Å².